The minimum atomic E-state index is -0.306. The first-order chi connectivity index (χ1) is 10.1. The van der Waals surface area contributed by atoms with Gasteiger partial charge in [-0.2, -0.15) is 0 Å². The molecule has 0 unspecified atom stereocenters. The number of benzene rings is 1. The van der Waals surface area contributed by atoms with Gasteiger partial charge >= 0.3 is 0 Å². The largest absolute Gasteiger partial charge is 0.353 e. The van der Waals surface area contributed by atoms with Gasteiger partial charge in [-0.15, -0.1) is 0 Å². The van der Waals surface area contributed by atoms with E-state index in [-0.39, 0.29) is 23.5 Å². The summed E-state index contributed by atoms with van der Waals surface area (Å²) < 4.78 is 13.2. The third-order valence-corrected chi connectivity index (χ3v) is 4.06. The molecular weight excluding hydrogens is 271 g/mol. The van der Waals surface area contributed by atoms with Gasteiger partial charge in [0.2, 0.25) is 11.8 Å². The molecule has 2 amide bonds. The summed E-state index contributed by atoms with van der Waals surface area (Å²) in [4.78, 5) is 25.7. The first-order valence-corrected chi connectivity index (χ1v) is 7.44. The van der Waals surface area contributed by atoms with Crippen LogP contribution in [0.15, 0.2) is 24.3 Å². The standard InChI is InChI=1S/C16H19FN2O2/c17-13-3-1-2-11(8-13)9-19-10-12(4-7-15(19)20)16(21)18-14-5-6-14/h1-3,8,12,14H,4-7,9-10H2,(H,18,21)/t12-/m0/s1. The van der Waals surface area contributed by atoms with Crippen LogP contribution >= 0.6 is 0 Å². The van der Waals surface area contributed by atoms with Crippen LogP contribution < -0.4 is 5.32 Å². The van der Waals surface area contributed by atoms with Gasteiger partial charge in [0.15, 0.2) is 0 Å². The monoisotopic (exact) mass is 290 g/mol. The Morgan fingerprint density at radius 2 is 2.14 bits per heavy atom. The van der Waals surface area contributed by atoms with Crippen molar-refractivity contribution in [3.05, 3.63) is 35.6 Å². The van der Waals surface area contributed by atoms with Gasteiger partial charge in [0, 0.05) is 25.6 Å². The molecule has 1 saturated heterocycles. The number of piperidine rings is 1. The van der Waals surface area contributed by atoms with E-state index in [1.54, 1.807) is 17.0 Å². The van der Waals surface area contributed by atoms with Gasteiger partial charge < -0.3 is 10.2 Å². The predicted molar refractivity (Wildman–Crippen MR) is 75.7 cm³/mol. The predicted octanol–water partition coefficient (Wildman–Crippen LogP) is 1.84. The Morgan fingerprint density at radius 3 is 2.86 bits per heavy atom. The van der Waals surface area contributed by atoms with E-state index < -0.39 is 0 Å². The molecule has 5 heteroatoms. The number of halogens is 1. The van der Waals surface area contributed by atoms with Crippen molar-refractivity contribution >= 4 is 11.8 Å². The summed E-state index contributed by atoms with van der Waals surface area (Å²) in [6, 6.07) is 6.58. The van der Waals surface area contributed by atoms with Crippen LogP contribution in [0.5, 0.6) is 0 Å². The highest BCUT2D eigenvalue weighted by molar-refractivity contribution is 5.84. The maximum Gasteiger partial charge on any atom is 0.225 e. The van der Waals surface area contributed by atoms with Crippen molar-refractivity contribution in [1.29, 1.82) is 0 Å². The molecule has 112 valence electrons. The van der Waals surface area contributed by atoms with E-state index in [2.05, 4.69) is 5.32 Å². The smallest absolute Gasteiger partial charge is 0.225 e. The molecule has 2 fully saturated rings. The number of carbonyl (C=O) groups excluding carboxylic acids is 2. The van der Waals surface area contributed by atoms with Crippen molar-refractivity contribution in [2.75, 3.05) is 6.54 Å². The molecule has 0 bridgehead atoms. The maximum atomic E-state index is 13.2. The summed E-state index contributed by atoms with van der Waals surface area (Å²) in [5.41, 5.74) is 0.756. The van der Waals surface area contributed by atoms with E-state index in [0.29, 0.717) is 32.0 Å². The Morgan fingerprint density at radius 1 is 1.33 bits per heavy atom. The summed E-state index contributed by atoms with van der Waals surface area (Å²) >= 11 is 0. The van der Waals surface area contributed by atoms with Gasteiger partial charge in [-0.3, -0.25) is 9.59 Å². The zero-order valence-electron chi connectivity index (χ0n) is 11.8. The third kappa shape index (κ3) is 3.60. The highest BCUT2D eigenvalue weighted by atomic mass is 19.1. The summed E-state index contributed by atoms with van der Waals surface area (Å²) in [7, 11) is 0. The van der Waals surface area contributed by atoms with Crippen molar-refractivity contribution in [1.82, 2.24) is 10.2 Å². The molecule has 1 aromatic carbocycles. The Kier molecular flexibility index (Phi) is 3.90. The summed E-state index contributed by atoms with van der Waals surface area (Å²) in [6.07, 6.45) is 3.11. The van der Waals surface area contributed by atoms with E-state index in [1.165, 1.54) is 12.1 Å². The Hall–Kier alpha value is -1.91. The van der Waals surface area contributed by atoms with Gasteiger partial charge in [-0.1, -0.05) is 12.1 Å². The average molecular weight is 290 g/mol. The van der Waals surface area contributed by atoms with Crippen LogP contribution in [-0.2, 0) is 16.1 Å². The molecule has 4 nitrogen and oxygen atoms in total. The molecule has 21 heavy (non-hydrogen) atoms. The summed E-state index contributed by atoms with van der Waals surface area (Å²) in [6.45, 7) is 0.789. The van der Waals surface area contributed by atoms with E-state index in [1.807, 2.05) is 0 Å². The van der Waals surface area contributed by atoms with Crippen LogP contribution in [0.25, 0.3) is 0 Å². The highest BCUT2D eigenvalue weighted by Crippen LogP contribution is 2.23. The van der Waals surface area contributed by atoms with Crippen LogP contribution in [0.1, 0.15) is 31.2 Å². The van der Waals surface area contributed by atoms with Crippen LogP contribution in [0.4, 0.5) is 4.39 Å². The normalized spacial score (nSPS) is 22.2. The minimum absolute atomic E-state index is 0.0368. The molecule has 0 aromatic heterocycles. The van der Waals surface area contributed by atoms with Crippen LogP contribution in [0, 0.1) is 11.7 Å². The molecule has 3 rings (SSSR count). The number of nitrogens with zero attached hydrogens (tertiary/aromatic N) is 1. The number of hydrogen-bond donors (Lipinski definition) is 1. The number of nitrogens with one attached hydrogen (secondary N) is 1. The fourth-order valence-electron chi connectivity index (χ4n) is 2.68. The molecule has 0 spiro atoms. The lowest BCUT2D eigenvalue weighted by Crippen LogP contribution is -2.45. The second kappa shape index (κ2) is 5.84. The molecule has 1 atom stereocenters. The van der Waals surface area contributed by atoms with Gasteiger partial charge in [0.25, 0.3) is 0 Å². The summed E-state index contributed by atoms with van der Waals surface area (Å²) in [5, 5.41) is 3.00. The molecule has 1 aliphatic carbocycles. The van der Waals surface area contributed by atoms with Crippen molar-refractivity contribution < 1.29 is 14.0 Å². The molecule has 1 heterocycles. The quantitative estimate of drug-likeness (QED) is 0.920. The highest BCUT2D eigenvalue weighted by Gasteiger charge is 2.33. The molecule has 1 saturated carbocycles. The number of likely N-dealkylation sites (tertiary alicyclic amines) is 1. The lowest BCUT2D eigenvalue weighted by atomic mass is 9.96. The zero-order chi connectivity index (χ0) is 14.8. The average Bonchev–Trinajstić information content (AvgIpc) is 3.25. The van der Waals surface area contributed by atoms with E-state index in [0.717, 1.165) is 18.4 Å². The first-order valence-electron chi connectivity index (χ1n) is 7.44. The molecule has 1 N–H and O–H groups in total. The van der Waals surface area contributed by atoms with Gasteiger partial charge in [-0.25, -0.2) is 4.39 Å². The van der Waals surface area contributed by atoms with Gasteiger partial charge in [0.05, 0.1) is 5.92 Å². The molecule has 1 aromatic rings. The first kappa shape index (κ1) is 14.0. The maximum absolute atomic E-state index is 13.2. The zero-order valence-corrected chi connectivity index (χ0v) is 11.8. The minimum Gasteiger partial charge on any atom is -0.353 e. The topological polar surface area (TPSA) is 49.4 Å². The Balaban J connectivity index is 1.62. The van der Waals surface area contributed by atoms with Crippen molar-refractivity contribution in [2.24, 2.45) is 5.92 Å². The molecule has 2 aliphatic rings. The molecule has 0 radical (unpaired) electrons. The summed E-state index contributed by atoms with van der Waals surface area (Å²) in [5.74, 6) is -0.360. The fraction of sp³-hybridized carbons (Fsp3) is 0.500. The number of rotatable bonds is 4. The van der Waals surface area contributed by atoms with Crippen LogP contribution in [0.2, 0.25) is 0 Å². The van der Waals surface area contributed by atoms with E-state index in [4.69, 9.17) is 0 Å². The van der Waals surface area contributed by atoms with Crippen LogP contribution in [-0.4, -0.2) is 29.3 Å². The third-order valence-electron chi connectivity index (χ3n) is 4.06. The van der Waals surface area contributed by atoms with Gasteiger partial charge in [0.1, 0.15) is 5.82 Å². The number of carbonyl (C=O) groups is 2. The number of amides is 2. The second-order valence-corrected chi connectivity index (χ2v) is 5.92. The van der Waals surface area contributed by atoms with Crippen molar-refractivity contribution in [2.45, 2.75) is 38.3 Å². The second-order valence-electron chi connectivity index (χ2n) is 5.92. The van der Waals surface area contributed by atoms with E-state index in [9.17, 15) is 14.0 Å². The molecular formula is C16H19FN2O2. The van der Waals surface area contributed by atoms with E-state index >= 15 is 0 Å². The Labute approximate surface area is 123 Å². The van der Waals surface area contributed by atoms with Crippen molar-refractivity contribution in [3.63, 3.8) is 0 Å². The Bertz CT molecular complexity index is 557. The lowest BCUT2D eigenvalue weighted by Gasteiger charge is -2.32. The fourth-order valence-corrected chi connectivity index (χ4v) is 2.68. The number of hydrogen-bond acceptors (Lipinski definition) is 2. The lowest BCUT2D eigenvalue weighted by molar-refractivity contribution is -0.138. The van der Waals surface area contributed by atoms with Gasteiger partial charge in [-0.05, 0) is 37.0 Å². The molecule has 1 aliphatic heterocycles. The van der Waals surface area contributed by atoms with Crippen molar-refractivity contribution in [3.8, 4) is 0 Å². The van der Waals surface area contributed by atoms with Crippen LogP contribution in [0.3, 0.4) is 0 Å². The SMILES string of the molecule is O=C(NC1CC1)[C@H]1CCC(=O)N(Cc2cccc(F)c2)C1.